The molecule has 0 aliphatic rings. The van der Waals surface area contributed by atoms with E-state index in [1.165, 1.54) is 64.2 Å². The lowest BCUT2D eigenvalue weighted by Crippen LogP contribution is -2.02. The summed E-state index contributed by atoms with van der Waals surface area (Å²) < 4.78 is 0. The van der Waals surface area contributed by atoms with Gasteiger partial charge in [0.1, 0.15) is 12.1 Å². The predicted molar refractivity (Wildman–Crippen MR) is 82.4 cm³/mol. The van der Waals surface area contributed by atoms with E-state index in [1.807, 2.05) is 6.07 Å². The largest absolute Gasteiger partial charge is 0.370 e. The quantitative estimate of drug-likeness (QED) is 0.550. The molecule has 0 atom stereocenters. The number of nitrogens with one attached hydrogen (secondary N) is 1. The van der Waals surface area contributed by atoms with E-state index in [9.17, 15) is 0 Å². The fourth-order valence-corrected chi connectivity index (χ4v) is 2.22. The van der Waals surface area contributed by atoms with E-state index in [-0.39, 0.29) is 0 Å². The molecule has 3 heteroatoms. The molecule has 0 amide bonds. The minimum atomic E-state index is 0.936. The molecular weight excluding hydrogens is 234 g/mol. The van der Waals surface area contributed by atoms with Gasteiger partial charge in [0.05, 0.1) is 0 Å². The number of hydrogen-bond acceptors (Lipinski definition) is 3. The molecule has 0 spiro atoms. The highest BCUT2D eigenvalue weighted by Crippen LogP contribution is 2.10. The fourth-order valence-electron chi connectivity index (χ4n) is 2.22. The van der Waals surface area contributed by atoms with Crippen molar-refractivity contribution in [3.63, 3.8) is 0 Å². The summed E-state index contributed by atoms with van der Waals surface area (Å²) in [7, 11) is 0. The van der Waals surface area contributed by atoms with Crippen LogP contribution in [0.25, 0.3) is 0 Å². The van der Waals surface area contributed by atoms with E-state index in [4.69, 9.17) is 0 Å². The molecule has 0 radical (unpaired) electrons. The Kier molecular flexibility index (Phi) is 10.0. The highest BCUT2D eigenvalue weighted by atomic mass is 15.0. The van der Waals surface area contributed by atoms with Gasteiger partial charge in [-0.3, -0.25) is 0 Å². The number of aromatic nitrogens is 2. The van der Waals surface area contributed by atoms with Gasteiger partial charge in [-0.25, -0.2) is 9.97 Å². The monoisotopic (exact) mass is 263 g/mol. The zero-order valence-electron chi connectivity index (χ0n) is 12.4. The van der Waals surface area contributed by atoms with Crippen LogP contribution in [0.4, 0.5) is 5.82 Å². The first kappa shape index (κ1) is 15.9. The van der Waals surface area contributed by atoms with Gasteiger partial charge >= 0.3 is 0 Å². The zero-order chi connectivity index (χ0) is 13.6. The highest BCUT2D eigenvalue weighted by Gasteiger charge is 1.94. The normalized spacial score (nSPS) is 10.6. The number of nitrogens with zero attached hydrogens (tertiary/aromatic N) is 2. The summed E-state index contributed by atoms with van der Waals surface area (Å²) in [6, 6.07) is 1.91. The van der Waals surface area contributed by atoms with Gasteiger partial charge < -0.3 is 5.32 Å². The smallest absolute Gasteiger partial charge is 0.129 e. The Hall–Kier alpha value is -1.12. The van der Waals surface area contributed by atoms with Crippen molar-refractivity contribution in [2.75, 3.05) is 11.9 Å². The SMILES string of the molecule is CCCCCCCCCCCCNc1ccncn1. The topological polar surface area (TPSA) is 37.8 Å². The number of anilines is 1. The fraction of sp³-hybridized carbons (Fsp3) is 0.750. The van der Waals surface area contributed by atoms with E-state index < -0.39 is 0 Å². The summed E-state index contributed by atoms with van der Waals surface area (Å²) in [6.45, 7) is 3.29. The maximum absolute atomic E-state index is 4.14. The van der Waals surface area contributed by atoms with Gasteiger partial charge in [0, 0.05) is 12.7 Å². The van der Waals surface area contributed by atoms with Crippen LogP contribution in [-0.2, 0) is 0 Å². The molecule has 0 unspecified atom stereocenters. The predicted octanol–water partition coefficient (Wildman–Crippen LogP) is 4.81. The van der Waals surface area contributed by atoms with Gasteiger partial charge in [0.2, 0.25) is 0 Å². The third-order valence-electron chi connectivity index (χ3n) is 3.42. The molecule has 0 fully saturated rings. The standard InChI is InChI=1S/C16H29N3/c1-2-3-4-5-6-7-8-9-10-11-13-18-16-12-14-17-15-19-16/h12,14-15H,2-11,13H2,1H3,(H,17,18,19). The van der Waals surface area contributed by atoms with Crippen LogP contribution in [0.3, 0.4) is 0 Å². The number of unbranched alkanes of at least 4 members (excludes halogenated alkanes) is 9. The van der Waals surface area contributed by atoms with Crippen LogP contribution >= 0.6 is 0 Å². The third kappa shape index (κ3) is 9.46. The Morgan fingerprint density at radius 1 is 0.895 bits per heavy atom. The maximum atomic E-state index is 4.14. The molecule has 1 aromatic heterocycles. The van der Waals surface area contributed by atoms with Gasteiger partial charge in [-0.15, -0.1) is 0 Å². The summed E-state index contributed by atoms with van der Waals surface area (Å²) in [5.74, 6) is 0.936. The van der Waals surface area contributed by atoms with Gasteiger partial charge in [-0.05, 0) is 12.5 Å². The van der Waals surface area contributed by atoms with Gasteiger partial charge in [-0.1, -0.05) is 64.7 Å². The van der Waals surface area contributed by atoms with Crippen molar-refractivity contribution in [1.29, 1.82) is 0 Å². The van der Waals surface area contributed by atoms with Crippen LogP contribution in [0.1, 0.15) is 71.1 Å². The Morgan fingerprint density at radius 2 is 1.53 bits per heavy atom. The molecule has 0 aliphatic carbocycles. The van der Waals surface area contributed by atoms with Crippen LogP contribution in [0, 0.1) is 0 Å². The van der Waals surface area contributed by atoms with E-state index >= 15 is 0 Å². The lowest BCUT2D eigenvalue weighted by molar-refractivity contribution is 0.560. The first-order chi connectivity index (χ1) is 9.43. The number of rotatable bonds is 12. The Morgan fingerprint density at radius 3 is 2.11 bits per heavy atom. The van der Waals surface area contributed by atoms with Crippen LogP contribution in [0.15, 0.2) is 18.6 Å². The van der Waals surface area contributed by atoms with E-state index in [1.54, 1.807) is 12.5 Å². The molecule has 0 saturated heterocycles. The van der Waals surface area contributed by atoms with E-state index in [2.05, 4.69) is 22.2 Å². The average Bonchev–Trinajstić information content (AvgIpc) is 2.46. The molecule has 0 saturated carbocycles. The molecule has 3 nitrogen and oxygen atoms in total. The Labute approximate surface area is 118 Å². The first-order valence-electron chi connectivity index (χ1n) is 7.93. The van der Waals surface area contributed by atoms with Gasteiger partial charge in [0.15, 0.2) is 0 Å². The van der Waals surface area contributed by atoms with Crippen molar-refractivity contribution in [2.45, 2.75) is 71.1 Å². The molecule has 0 aliphatic heterocycles. The molecule has 1 heterocycles. The van der Waals surface area contributed by atoms with E-state index in [0.717, 1.165) is 12.4 Å². The summed E-state index contributed by atoms with van der Waals surface area (Å²) in [5, 5.41) is 3.32. The second kappa shape index (κ2) is 11.9. The van der Waals surface area contributed by atoms with Crippen LogP contribution in [-0.4, -0.2) is 16.5 Å². The van der Waals surface area contributed by atoms with Crippen molar-refractivity contribution >= 4 is 5.82 Å². The van der Waals surface area contributed by atoms with Crippen molar-refractivity contribution in [3.05, 3.63) is 18.6 Å². The van der Waals surface area contributed by atoms with Crippen LogP contribution in [0.5, 0.6) is 0 Å². The van der Waals surface area contributed by atoms with Gasteiger partial charge in [-0.2, -0.15) is 0 Å². The van der Waals surface area contributed by atoms with Crippen LogP contribution < -0.4 is 5.32 Å². The number of hydrogen-bond donors (Lipinski definition) is 1. The average molecular weight is 263 g/mol. The molecule has 19 heavy (non-hydrogen) atoms. The third-order valence-corrected chi connectivity index (χ3v) is 3.42. The molecule has 1 rings (SSSR count). The minimum Gasteiger partial charge on any atom is -0.370 e. The lowest BCUT2D eigenvalue weighted by atomic mass is 10.1. The van der Waals surface area contributed by atoms with Crippen LogP contribution in [0.2, 0.25) is 0 Å². The molecule has 0 bridgehead atoms. The van der Waals surface area contributed by atoms with E-state index in [0.29, 0.717) is 0 Å². The highest BCUT2D eigenvalue weighted by molar-refractivity contribution is 5.30. The molecular formula is C16H29N3. The second-order valence-corrected chi connectivity index (χ2v) is 5.20. The minimum absolute atomic E-state index is 0.936. The Balaban J connectivity index is 1.79. The summed E-state index contributed by atoms with van der Waals surface area (Å²) in [4.78, 5) is 8.04. The van der Waals surface area contributed by atoms with Gasteiger partial charge in [0.25, 0.3) is 0 Å². The zero-order valence-corrected chi connectivity index (χ0v) is 12.4. The van der Waals surface area contributed by atoms with Crippen molar-refractivity contribution in [3.8, 4) is 0 Å². The summed E-state index contributed by atoms with van der Waals surface area (Å²) in [5.41, 5.74) is 0. The molecule has 0 aromatic carbocycles. The Bertz CT molecular complexity index is 287. The molecule has 1 aromatic rings. The maximum Gasteiger partial charge on any atom is 0.129 e. The lowest BCUT2D eigenvalue weighted by Gasteiger charge is -2.05. The van der Waals surface area contributed by atoms with Crippen molar-refractivity contribution in [1.82, 2.24) is 9.97 Å². The second-order valence-electron chi connectivity index (χ2n) is 5.20. The molecule has 108 valence electrons. The summed E-state index contributed by atoms with van der Waals surface area (Å²) >= 11 is 0. The van der Waals surface area contributed by atoms with Crippen molar-refractivity contribution < 1.29 is 0 Å². The molecule has 1 N–H and O–H groups in total. The summed E-state index contributed by atoms with van der Waals surface area (Å²) in [6.07, 6.45) is 17.2. The first-order valence-corrected chi connectivity index (χ1v) is 7.93. The van der Waals surface area contributed by atoms with Crippen molar-refractivity contribution in [2.24, 2.45) is 0 Å².